The Hall–Kier alpha value is -1.83. The Morgan fingerprint density at radius 3 is 2.67 bits per heavy atom. The Morgan fingerprint density at radius 2 is 2.00 bits per heavy atom. The zero-order valence-corrected chi connectivity index (χ0v) is 16.4. The zero-order chi connectivity index (χ0) is 18.5. The van der Waals surface area contributed by atoms with Crippen molar-refractivity contribution in [3.63, 3.8) is 0 Å². The molecule has 7 nitrogen and oxygen atoms in total. The van der Waals surface area contributed by atoms with Crippen LogP contribution in [-0.2, 0) is 9.53 Å². The first-order chi connectivity index (χ1) is 12.6. The van der Waals surface area contributed by atoms with Crippen LogP contribution >= 0.6 is 12.4 Å². The number of carbonyl (C=O) groups is 2. The Labute approximate surface area is 166 Å². The summed E-state index contributed by atoms with van der Waals surface area (Å²) in [7, 11) is 1.55. The predicted molar refractivity (Wildman–Crippen MR) is 106 cm³/mol. The lowest BCUT2D eigenvalue weighted by atomic mass is 9.85. The standard InChI is InChI=1S/C19H27N3O4.ClH/c1-25-17-6-5-14(19(24)22-7-9-26-10-8-22)12-16(17)21-18(23)13-3-2-4-15(20)11-13;/h5-6,12-13,15H,2-4,7-11,20H2,1H3,(H,21,23);1H. The minimum absolute atomic E-state index is 0. The van der Waals surface area contributed by atoms with E-state index in [4.69, 9.17) is 15.2 Å². The highest BCUT2D eigenvalue weighted by atomic mass is 35.5. The van der Waals surface area contributed by atoms with E-state index >= 15 is 0 Å². The van der Waals surface area contributed by atoms with E-state index < -0.39 is 0 Å². The number of hydrogen-bond donors (Lipinski definition) is 2. The second kappa shape index (κ2) is 9.92. The molecule has 3 N–H and O–H groups in total. The second-order valence-corrected chi connectivity index (χ2v) is 6.93. The molecule has 150 valence electrons. The Kier molecular flexibility index (Phi) is 7.89. The van der Waals surface area contributed by atoms with E-state index in [0.29, 0.717) is 49.7 Å². The maximum Gasteiger partial charge on any atom is 0.254 e. The average molecular weight is 398 g/mol. The summed E-state index contributed by atoms with van der Waals surface area (Å²) >= 11 is 0. The van der Waals surface area contributed by atoms with Crippen molar-refractivity contribution in [3.8, 4) is 5.75 Å². The number of anilines is 1. The molecule has 1 aliphatic heterocycles. The second-order valence-electron chi connectivity index (χ2n) is 6.93. The van der Waals surface area contributed by atoms with Crippen LogP contribution in [-0.4, -0.2) is 56.2 Å². The van der Waals surface area contributed by atoms with E-state index in [9.17, 15) is 9.59 Å². The maximum atomic E-state index is 12.7. The molecule has 0 spiro atoms. The summed E-state index contributed by atoms with van der Waals surface area (Å²) in [6.07, 6.45) is 3.47. The Bertz CT molecular complexity index is 664. The van der Waals surface area contributed by atoms with Gasteiger partial charge in [0.1, 0.15) is 5.75 Å². The van der Waals surface area contributed by atoms with Gasteiger partial charge in [-0.05, 0) is 37.5 Å². The molecule has 0 bridgehead atoms. The number of nitrogens with zero attached hydrogens (tertiary/aromatic N) is 1. The van der Waals surface area contributed by atoms with Gasteiger partial charge in [-0.3, -0.25) is 9.59 Å². The predicted octanol–water partition coefficient (Wildman–Crippen LogP) is 2.05. The molecule has 1 saturated carbocycles. The van der Waals surface area contributed by atoms with Crippen LogP contribution in [0.2, 0.25) is 0 Å². The number of carbonyl (C=O) groups excluding carboxylic acids is 2. The van der Waals surface area contributed by atoms with Crippen molar-refractivity contribution in [2.24, 2.45) is 11.7 Å². The molecule has 2 amide bonds. The number of amides is 2. The molecule has 2 unspecified atom stereocenters. The Morgan fingerprint density at radius 1 is 1.26 bits per heavy atom. The molecule has 1 aromatic carbocycles. The Balaban J connectivity index is 0.00000261. The molecule has 3 rings (SSSR count). The number of hydrogen-bond acceptors (Lipinski definition) is 5. The molecule has 1 heterocycles. The van der Waals surface area contributed by atoms with Crippen LogP contribution in [0.3, 0.4) is 0 Å². The van der Waals surface area contributed by atoms with E-state index in [-0.39, 0.29) is 36.2 Å². The zero-order valence-electron chi connectivity index (χ0n) is 15.6. The molecule has 2 aliphatic rings. The van der Waals surface area contributed by atoms with Gasteiger partial charge in [-0.1, -0.05) is 6.42 Å². The van der Waals surface area contributed by atoms with Crippen molar-refractivity contribution in [3.05, 3.63) is 23.8 Å². The van der Waals surface area contributed by atoms with Gasteiger partial charge >= 0.3 is 0 Å². The number of rotatable bonds is 4. The van der Waals surface area contributed by atoms with Crippen molar-refractivity contribution >= 4 is 29.9 Å². The van der Waals surface area contributed by atoms with Gasteiger partial charge in [0.2, 0.25) is 5.91 Å². The minimum Gasteiger partial charge on any atom is -0.495 e. The summed E-state index contributed by atoms with van der Waals surface area (Å²) in [5, 5.41) is 2.93. The van der Waals surface area contributed by atoms with Crippen LogP contribution in [0.1, 0.15) is 36.0 Å². The molecular weight excluding hydrogens is 370 g/mol. The summed E-state index contributed by atoms with van der Waals surface area (Å²) in [5.74, 6) is 0.319. The van der Waals surface area contributed by atoms with Crippen LogP contribution in [0.4, 0.5) is 5.69 Å². The molecule has 27 heavy (non-hydrogen) atoms. The molecule has 1 aromatic rings. The molecular formula is C19H28ClN3O4. The molecule has 1 saturated heterocycles. The van der Waals surface area contributed by atoms with Crippen molar-refractivity contribution < 1.29 is 19.1 Å². The topological polar surface area (TPSA) is 93.9 Å². The van der Waals surface area contributed by atoms with Crippen LogP contribution in [0, 0.1) is 5.92 Å². The third-order valence-electron chi connectivity index (χ3n) is 5.09. The van der Waals surface area contributed by atoms with E-state index in [0.717, 1.165) is 19.3 Å². The minimum atomic E-state index is -0.0953. The van der Waals surface area contributed by atoms with Crippen LogP contribution in [0.15, 0.2) is 18.2 Å². The number of benzene rings is 1. The van der Waals surface area contributed by atoms with Gasteiger partial charge in [-0.15, -0.1) is 12.4 Å². The molecule has 8 heteroatoms. The van der Waals surface area contributed by atoms with Gasteiger partial charge in [0.15, 0.2) is 0 Å². The summed E-state index contributed by atoms with van der Waals surface area (Å²) in [6, 6.07) is 5.21. The fourth-order valence-corrected chi connectivity index (χ4v) is 3.59. The first kappa shape index (κ1) is 21.5. The highest BCUT2D eigenvalue weighted by Gasteiger charge is 2.26. The number of morpholine rings is 1. The van der Waals surface area contributed by atoms with Crippen LogP contribution < -0.4 is 15.8 Å². The highest BCUT2D eigenvalue weighted by Crippen LogP contribution is 2.29. The maximum absolute atomic E-state index is 12.7. The van der Waals surface area contributed by atoms with E-state index in [1.165, 1.54) is 0 Å². The molecule has 0 radical (unpaired) electrons. The van der Waals surface area contributed by atoms with Crippen molar-refractivity contribution in [2.75, 3.05) is 38.7 Å². The number of nitrogens with two attached hydrogens (primary N) is 1. The van der Waals surface area contributed by atoms with Gasteiger partial charge in [0, 0.05) is 30.6 Å². The summed E-state index contributed by atoms with van der Waals surface area (Å²) in [4.78, 5) is 27.1. The fraction of sp³-hybridized carbons (Fsp3) is 0.579. The van der Waals surface area contributed by atoms with Crippen molar-refractivity contribution in [1.29, 1.82) is 0 Å². The van der Waals surface area contributed by atoms with Gasteiger partial charge in [-0.2, -0.15) is 0 Å². The molecule has 2 atom stereocenters. The lowest BCUT2D eigenvalue weighted by Gasteiger charge is -2.27. The van der Waals surface area contributed by atoms with E-state index in [2.05, 4.69) is 5.32 Å². The first-order valence-corrected chi connectivity index (χ1v) is 9.20. The van der Waals surface area contributed by atoms with Gasteiger partial charge in [0.05, 0.1) is 26.0 Å². The summed E-state index contributed by atoms with van der Waals surface area (Å²) in [5.41, 5.74) is 7.05. The lowest BCUT2D eigenvalue weighted by Crippen LogP contribution is -2.40. The van der Waals surface area contributed by atoms with Gasteiger partial charge in [-0.25, -0.2) is 0 Å². The monoisotopic (exact) mass is 397 g/mol. The number of nitrogens with one attached hydrogen (secondary N) is 1. The molecule has 2 fully saturated rings. The van der Waals surface area contributed by atoms with Crippen LogP contribution in [0.5, 0.6) is 5.75 Å². The number of halogens is 1. The summed E-state index contributed by atoms with van der Waals surface area (Å²) in [6.45, 7) is 2.25. The van der Waals surface area contributed by atoms with Crippen molar-refractivity contribution in [2.45, 2.75) is 31.7 Å². The van der Waals surface area contributed by atoms with Gasteiger partial charge in [0.25, 0.3) is 5.91 Å². The van der Waals surface area contributed by atoms with E-state index in [1.54, 1.807) is 30.2 Å². The third kappa shape index (κ3) is 5.34. The van der Waals surface area contributed by atoms with E-state index in [1.807, 2.05) is 0 Å². The first-order valence-electron chi connectivity index (χ1n) is 9.20. The average Bonchev–Trinajstić information content (AvgIpc) is 2.68. The van der Waals surface area contributed by atoms with Crippen LogP contribution in [0.25, 0.3) is 0 Å². The third-order valence-corrected chi connectivity index (χ3v) is 5.09. The molecule has 0 aromatic heterocycles. The smallest absolute Gasteiger partial charge is 0.254 e. The quantitative estimate of drug-likeness (QED) is 0.810. The molecule has 1 aliphatic carbocycles. The van der Waals surface area contributed by atoms with Crippen molar-refractivity contribution in [1.82, 2.24) is 4.90 Å². The SMILES string of the molecule is COc1ccc(C(=O)N2CCOCC2)cc1NC(=O)C1CCCC(N)C1.Cl. The fourth-order valence-electron chi connectivity index (χ4n) is 3.59. The lowest BCUT2D eigenvalue weighted by molar-refractivity contribution is -0.120. The summed E-state index contributed by atoms with van der Waals surface area (Å²) < 4.78 is 10.6. The number of ether oxygens (including phenoxy) is 2. The number of methoxy groups -OCH3 is 1. The largest absolute Gasteiger partial charge is 0.495 e. The highest BCUT2D eigenvalue weighted by molar-refractivity contribution is 5.99. The normalized spacial score (nSPS) is 22.5. The van der Waals surface area contributed by atoms with Gasteiger partial charge < -0.3 is 25.4 Å².